The van der Waals surface area contributed by atoms with Crippen molar-refractivity contribution < 1.29 is 19.1 Å². The van der Waals surface area contributed by atoms with Crippen LogP contribution in [0.2, 0.25) is 0 Å². The largest absolute Gasteiger partial charge is 0.497 e. The number of carbonyl (C=O) groups is 2. The van der Waals surface area contributed by atoms with E-state index in [0.717, 1.165) is 30.8 Å². The van der Waals surface area contributed by atoms with Gasteiger partial charge in [0.25, 0.3) is 5.91 Å². The predicted molar refractivity (Wildman–Crippen MR) is 150 cm³/mol. The number of nitrogens with two attached hydrogens (primary N) is 1. The fourth-order valence-electron chi connectivity index (χ4n) is 4.31. The number of methoxy groups -OCH3 is 1. The summed E-state index contributed by atoms with van der Waals surface area (Å²) in [6, 6.07) is 14.9. The molecule has 1 saturated heterocycles. The highest BCUT2D eigenvalue weighted by molar-refractivity contribution is 6.51. The van der Waals surface area contributed by atoms with Crippen LogP contribution in [0.5, 0.6) is 5.75 Å². The number of carbonyl (C=O) groups excluding carboxylic acids is 2. The van der Waals surface area contributed by atoms with E-state index in [4.69, 9.17) is 15.2 Å². The fourth-order valence-corrected chi connectivity index (χ4v) is 4.31. The van der Waals surface area contributed by atoms with Gasteiger partial charge in [0.15, 0.2) is 0 Å². The Balaban J connectivity index is 1.52. The Hall–Kier alpha value is -4.44. The van der Waals surface area contributed by atoms with Gasteiger partial charge in [-0.1, -0.05) is 12.1 Å². The summed E-state index contributed by atoms with van der Waals surface area (Å²) in [6.07, 6.45) is 6.88. The number of piperidine rings is 1. The molecule has 10 nitrogen and oxygen atoms in total. The van der Waals surface area contributed by atoms with Crippen molar-refractivity contribution in [3.63, 3.8) is 0 Å². The van der Waals surface area contributed by atoms with Gasteiger partial charge in [-0.05, 0) is 68.3 Å². The molecule has 0 bridgehead atoms. The minimum absolute atomic E-state index is 0.0919. The number of ether oxygens (including phenoxy) is 2. The van der Waals surface area contributed by atoms with Crippen molar-refractivity contribution in [2.45, 2.75) is 32.9 Å². The van der Waals surface area contributed by atoms with E-state index in [1.54, 1.807) is 49.4 Å². The van der Waals surface area contributed by atoms with Crippen LogP contribution in [0.25, 0.3) is 0 Å². The topological polar surface area (TPSA) is 124 Å². The van der Waals surface area contributed by atoms with Crippen LogP contribution in [0.3, 0.4) is 0 Å². The molecule has 0 spiro atoms. The summed E-state index contributed by atoms with van der Waals surface area (Å²) < 4.78 is 12.4. The maximum Gasteiger partial charge on any atom is 0.354 e. The Morgan fingerprint density at radius 1 is 1.21 bits per heavy atom. The summed E-state index contributed by atoms with van der Waals surface area (Å²) in [6.45, 7) is 4.67. The molecule has 2 heterocycles. The standard InChI is InChI=1S/C29H34N6O4/c1-3-39-29(37)26(30)25-12-16-35(28(36)27(25)33-22-8-10-24(38-2)11-9-22)23-7-4-6-21(18-23)19-31-13-5-15-34-17-14-32-20-34/h4,6-11,14,17-18,20,31H,3,5,12-13,15-16,19,30H2,1-2H3. The minimum atomic E-state index is -0.655. The van der Waals surface area contributed by atoms with Gasteiger partial charge in [-0.15, -0.1) is 0 Å². The second kappa shape index (κ2) is 13.4. The van der Waals surface area contributed by atoms with E-state index in [1.807, 2.05) is 41.4 Å². The van der Waals surface area contributed by atoms with Crippen LogP contribution >= 0.6 is 0 Å². The Morgan fingerprint density at radius 2 is 2.03 bits per heavy atom. The van der Waals surface area contributed by atoms with Gasteiger partial charge in [0.1, 0.15) is 17.2 Å². The molecule has 2 aromatic carbocycles. The molecule has 0 saturated carbocycles. The number of imidazole rings is 1. The summed E-state index contributed by atoms with van der Waals surface area (Å²) >= 11 is 0. The van der Waals surface area contributed by atoms with E-state index in [0.29, 0.717) is 36.5 Å². The molecule has 1 fully saturated rings. The first-order chi connectivity index (χ1) is 19.0. The molecule has 0 radical (unpaired) electrons. The molecule has 1 aliphatic heterocycles. The molecule has 3 aromatic rings. The highest BCUT2D eigenvalue weighted by atomic mass is 16.5. The van der Waals surface area contributed by atoms with Crippen molar-refractivity contribution in [1.29, 1.82) is 0 Å². The highest BCUT2D eigenvalue weighted by Crippen LogP contribution is 2.27. The molecule has 0 atom stereocenters. The van der Waals surface area contributed by atoms with E-state index >= 15 is 0 Å². The van der Waals surface area contributed by atoms with Crippen molar-refractivity contribution in [2.24, 2.45) is 10.7 Å². The summed E-state index contributed by atoms with van der Waals surface area (Å²) in [4.78, 5) is 36.6. The number of aryl methyl sites for hydroxylation is 1. The van der Waals surface area contributed by atoms with Gasteiger partial charge >= 0.3 is 5.97 Å². The molecule has 1 aromatic heterocycles. The van der Waals surface area contributed by atoms with E-state index in [1.165, 1.54) is 0 Å². The van der Waals surface area contributed by atoms with Crippen LogP contribution in [0.15, 0.2) is 83.5 Å². The van der Waals surface area contributed by atoms with Gasteiger partial charge in [0.05, 0.1) is 25.7 Å². The summed E-state index contributed by atoms with van der Waals surface area (Å²) in [5, 5.41) is 3.46. The molecule has 3 N–H and O–H groups in total. The first kappa shape index (κ1) is 27.6. The Bertz CT molecular complexity index is 1330. The second-order valence-corrected chi connectivity index (χ2v) is 8.98. The fraction of sp³-hybridized carbons (Fsp3) is 0.310. The first-order valence-corrected chi connectivity index (χ1v) is 13.0. The molecule has 39 heavy (non-hydrogen) atoms. The van der Waals surface area contributed by atoms with Crippen molar-refractivity contribution in [3.05, 3.63) is 84.1 Å². The Kier molecular flexibility index (Phi) is 9.47. The first-order valence-electron chi connectivity index (χ1n) is 13.0. The van der Waals surface area contributed by atoms with Crippen molar-refractivity contribution in [2.75, 3.05) is 31.7 Å². The number of rotatable bonds is 11. The Labute approximate surface area is 228 Å². The zero-order chi connectivity index (χ0) is 27.6. The monoisotopic (exact) mass is 530 g/mol. The quantitative estimate of drug-likeness (QED) is 0.221. The van der Waals surface area contributed by atoms with Crippen LogP contribution < -0.4 is 20.7 Å². The Morgan fingerprint density at radius 3 is 2.74 bits per heavy atom. The van der Waals surface area contributed by atoms with Crippen LogP contribution in [0, 0.1) is 0 Å². The maximum absolute atomic E-state index is 13.8. The third-order valence-corrected chi connectivity index (χ3v) is 6.33. The van der Waals surface area contributed by atoms with Crippen molar-refractivity contribution in [1.82, 2.24) is 14.9 Å². The van der Waals surface area contributed by atoms with Crippen LogP contribution in [-0.4, -0.2) is 53.9 Å². The number of nitrogens with one attached hydrogen (secondary N) is 1. The summed E-state index contributed by atoms with van der Waals surface area (Å²) in [7, 11) is 1.58. The normalized spacial score (nSPS) is 15.9. The molecule has 204 valence electrons. The number of hydrogen-bond acceptors (Lipinski definition) is 8. The third kappa shape index (κ3) is 7.11. The van der Waals surface area contributed by atoms with Gasteiger partial charge in [-0.25, -0.2) is 14.8 Å². The summed E-state index contributed by atoms with van der Waals surface area (Å²) in [5.74, 6) is -0.313. The predicted octanol–water partition coefficient (Wildman–Crippen LogP) is 3.36. The second-order valence-electron chi connectivity index (χ2n) is 8.98. The van der Waals surface area contributed by atoms with E-state index in [9.17, 15) is 9.59 Å². The van der Waals surface area contributed by atoms with Crippen molar-refractivity contribution in [3.8, 4) is 5.75 Å². The van der Waals surface area contributed by atoms with E-state index in [-0.39, 0.29) is 23.9 Å². The summed E-state index contributed by atoms with van der Waals surface area (Å²) in [5.41, 5.74) is 8.95. The van der Waals surface area contributed by atoms with E-state index in [2.05, 4.69) is 15.3 Å². The number of benzene rings is 2. The van der Waals surface area contributed by atoms with Gasteiger partial charge < -0.3 is 30.0 Å². The lowest BCUT2D eigenvalue weighted by Gasteiger charge is -2.30. The van der Waals surface area contributed by atoms with Crippen LogP contribution in [0.4, 0.5) is 11.4 Å². The molecule has 4 rings (SSSR count). The third-order valence-electron chi connectivity index (χ3n) is 6.33. The number of esters is 1. The number of anilines is 1. The molecule has 10 heteroatoms. The molecule has 1 aliphatic rings. The maximum atomic E-state index is 13.8. The highest BCUT2D eigenvalue weighted by Gasteiger charge is 2.33. The molecular formula is C29H34N6O4. The van der Waals surface area contributed by atoms with Gasteiger partial charge in [-0.3, -0.25) is 4.79 Å². The van der Waals surface area contributed by atoms with Gasteiger partial charge in [-0.2, -0.15) is 0 Å². The molecule has 0 unspecified atom stereocenters. The number of hydrogen-bond donors (Lipinski definition) is 2. The van der Waals surface area contributed by atoms with Crippen LogP contribution in [0.1, 0.15) is 25.3 Å². The average Bonchev–Trinajstić information content (AvgIpc) is 3.48. The number of amides is 1. The zero-order valence-electron chi connectivity index (χ0n) is 22.3. The zero-order valence-corrected chi connectivity index (χ0v) is 22.3. The molecular weight excluding hydrogens is 496 g/mol. The van der Waals surface area contributed by atoms with E-state index < -0.39 is 5.97 Å². The molecule has 0 aliphatic carbocycles. The van der Waals surface area contributed by atoms with Gasteiger partial charge in [0, 0.05) is 43.3 Å². The number of aliphatic imine (C=N–C) groups is 1. The molecule has 1 amide bonds. The lowest BCUT2D eigenvalue weighted by atomic mass is 9.97. The lowest BCUT2D eigenvalue weighted by molar-refractivity contribution is -0.138. The SMILES string of the molecule is CCOC(=O)C(N)=C1CCN(c2cccc(CNCCCn3ccnc3)c2)C(=O)C1=Nc1ccc(OC)cc1. The lowest BCUT2D eigenvalue weighted by Crippen LogP contribution is -2.44. The number of nitrogens with zero attached hydrogens (tertiary/aromatic N) is 4. The smallest absolute Gasteiger partial charge is 0.354 e. The number of aromatic nitrogens is 2. The minimum Gasteiger partial charge on any atom is -0.497 e. The van der Waals surface area contributed by atoms with Crippen LogP contribution in [-0.2, 0) is 27.4 Å². The van der Waals surface area contributed by atoms with Crippen molar-refractivity contribution >= 4 is 29.0 Å². The average molecular weight is 531 g/mol. The van der Waals surface area contributed by atoms with Gasteiger partial charge in [0.2, 0.25) is 0 Å².